The van der Waals surface area contributed by atoms with Gasteiger partial charge in [-0.1, -0.05) is 18.2 Å². The topological polar surface area (TPSA) is 110 Å². The molecule has 3 aliphatic rings. The highest BCUT2D eigenvalue weighted by Crippen LogP contribution is 2.36. The molecule has 0 amide bonds. The Morgan fingerprint density at radius 3 is 3.10 bits per heavy atom. The molecule has 0 radical (unpaired) electrons. The van der Waals surface area contributed by atoms with Crippen LogP contribution in [-0.2, 0) is 4.74 Å². The summed E-state index contributed by atoms with van der Waals surface area (Å²) in [6.07, 6.45) is 14.8. The molecule has 0 saturated carbocycles. The van der Waals surface area contributed by atoms with Crippen LogP contribution in [0.15, 0.2) is 60.1 Å². The van der Waals surface area contributed by atoms with Gasteiger partial charge in [0.15, 0.2) is 11.5 Å². The lowest BCUT2D eigenvalue weighted by Crippen LogP contribution is -2.34. The summed E-state index contributed by atoms with van der Waals surface area (Å²) in [5, 5.41) is 11.2. The van der Waals surface area contributed by atoms with Crippen LogP contribution in [0.2, 0.25) is 0 Å². The van der Waals surface area contributed by atoms with E-state index in [4.69, 9.17) is 4.74 Å². The van der Waals surface area contributed by atoms with Gasteiger partial charge in [0, 0.05) is 12.6 Å². The number of allylic oxidation sites excluding steroid dienone is 7. The predicted molar refractivity (Wildman–Crippen MR) is 106 cm³/mol. The summed E-state index contributed by atoms with van der Waals surface area (Å²) in [6, 6.07) is 0.171. The number of hydrogen-bond acceptors (Lipinski definition) is 7. The first-order valence-corrected chi connectivity index (χ1v) is 9.67. The Balaban J connectivity index is 1.32. The number of fused-ring (bicyclic) bond motifs is 2. The van der Waals surface area contributed by atoms with E-state index in [9.17, 15) is 10.1 Å². The first-order valence-electron chi connectivity index (χ1n) is 9.67. The van der Waals surface area contributed by atoms with E-state index in [1.54, 1.807) is 12.4 Å². The maximum Gasteiger partial charge on any atom is 0.247 e. The maximum atomic E-state index is 11.2. The summed E-state index contributed by atoms with van der Waals surface area (Å²) < 4.78 is 6.22. The number of aromatic nitrogens is 4. The molecule has 3 heterocycles. The summed E-state index contributed by atoms with van der Waals surface area (Å²) in [6.45, 7) is 1.39. The number of rotatable bonds is 5. The molecule has 1 fully saturated rings. The Labute approximate surface area is 166 Å². The molecule has 1 saturated heterocycles. The van der Waals surface area contributed by atoms with Gasteiger partial charge in [-0.15, -0.1) is 0 Å². The molecule has 0 spiro atoms. The van der Waals surface area contributed by atoms with Gasteiger partial charge < -0.3 is 14.6 Å². The third kappa shape index (κ3) is 3.18. The quantitative estimate of drug-likeness (QED) is 0.615. The molecule has 2 atom stereocenters. The van der Waals surface area contributed by atoms with Gasteiger partial charge in [0.05, 0.1) is 29.6 Å². The molecule has 2 unspecified atom stereocenters. The molecule has 2 aromatic rings. The van der Waals surface area contributed by atoms with Gasteiger partial charge in [0.2, 0.25) is 5.70 Å². The number of ether oxygens (including phenoxy) is 1. The third-order valence-corrected chi connectivity index (χ3v) is 5.71. The second kappa shape index (κ2) is 7.16. The Morgan fingerprint density at radius 1 is 1.28 bits per heavy atom. The number of hydrogen-bond donors (Lipinski definition) is 1. The van der Waals surface area contributed by atoms with Gasteiger partial charge in [-0.3, -0.25) is 10.1 Å². The minimum absolute atomic E-state index is 0.0985. The SMILES string of the molecule is O=[N+]([O-])C1=CC=C2C=CC=C(OCC3CCCN3c3ncnc4nc[nH]c34)C2C1. The van der Waals surface area contributed by atoms with Crippen LogP contribution in [0.5, 0.6) is 0 Å². The number of H-pyrrole nitrogens is 1. The molecule has 0 bridgehead atoms. The zero-order valence-corrected chi connectivity index (χ0v) is 15.7. The molecule has 29 heavy (non-hydrogen) atoms. The predicted octanol–water partition coefficient (Wildman–Crippen LogP) is 2.90. The van der Waals surface area contributed by atoms with E-state index in [1.807, 2.05) is 24.3 Å². The molecular weight excluding hydrogens is 372 g/mol. The largest absolute Gasteiger partial charge is 0.495 e. The second-order valence-electron chi connectivity index (χ2n) is 7.37. The number of nitro groups is 1. The summed E-state index contributed by atoms with van der Waals surface area (Å²) >= 11 is 0. The van der Waals surface area contributed by atoms with E-state index in [-0.39, 0.29) is 22.6 Å². The first-order chi connectivity index (χ1) is 14.2. The van der Waals surface area contributed by atoms with Crippen LogP contribution < -0.4 is 4.90 Å². The maximum absolute atomic E-state index is 11.2. The van der Waals surface area contributed by atoms with Crippen molar-refractivity contribution in [1.82, 2.24) is 19.9 Å². The number of anilines is 1. The standard InChI is InChI=1S/C20H20N6O3/c27-26(28)14-7-6-13-3-1-5-17(16(13)9-14)29-10-15-4-2-8-25(15)20-18-19(22-11-21-18)23-12-24-20/h1,3,5-7,11-12,15-16H,2,4,8-10H2,(H,21,22,23,24). The minimum atomic E-state index is -0.313. The van der Waals surface area contributed by atoms with Crippen LogP contribution in [0.3, 0.4) is 0 Å². The third-order valence-electron chi connectivity index (χ3n) is 5.71. The van der Waals surface area contributed by atoms with E-state index in [2.05, 4.69) is 24.8 Å². The van der Waals surface area contributed by atoms with Crippen LogP contribution in [0.4, 0.5) is 5.82 Å². The second-order valence-corrected chi connectivity index (χ2v) is 7.37. The molecule has 9 nitrogen and oxygen atoms in total. The zero-order valence-electron chi connectivity index (χ0n) is 15.7. The fourth-order valence-electron chi connectivity index (χ4n) is 4.24. The van der Waals surface area contributed by atoms with Crippen molar-refractivity contribution in [2.45, 2.75) is 25.3 Å². The lowest BCUT2D eigenvalue weighted by Gasteiger charge is -2.29. The van der Waals surface area contributed by atoms with E-state index in [1.165, 1.54) is 6.33 Å². The van der Waals surface area contributed by atoms with E-state index < -0.39 is 0 Å². The van der Waals surface area contributed by atoms with Crippen LogP contribution in [-0.4, -0.2) is 44.1 Å². The average Bonchev–Trinajstić information content (AvgIpc) is 3.40. The smallest absolute Gasteiger partial charge is 0.247 e. The Hall–Kier alpha value is -3.49. The molecule has 5 rings (SSSR count). The monoisotopic (exact) mass is 392 g/mol. The molecule has 148 valence electrons. The van der Waals surface area contributed by atoms with Crippen molar-refractivity contribution < 1.29 is 9.66 Å². The molecule has 2 aliphatic carbocycles. The van der Waals surface area contributed by atoms with Gasteiger partial charge in [-0.2, -0.15) is 0 Å². The van der Waals surface area contributed by atoms with E-state index in [0.29, 0.717) is 18.7 Å². The van der Waals surface area contributed by atoms with Crippen LogP contribution >= 0.6 is 0 Å². The van der Waals surface area contributed by atoms with E-state index >= 15 is 0 Å². The molecule has 0 aromatic carbocycles. The van der Waals surface area contributed by atoms with Gasteiger partial charge in [0.25, 0.3) is 0 Å². The van der Waals surface area contributed by atoms with Crippen molar-refractivity contribution in [3.05, 3.63) is 70.2 Å². The normalized spacial score (nSPS) is 23.4. The number of nitrogens with zero attached hydrogens (tertiary/aromatic N) is 5. The van der Waals surface area contributed by atoms with Crippen molar-refractivity contribution in [3.63, 3.8) is 0 Å². The van der Waals surface area contributed by atoms with E-state index in [0.717, 1.165) is 42.1 Å². The number of imidazole rings is 1. The molecule has 2 aromatic heterocycles. The Morgan fingerprint density at radius 2 is 2.21 bits per heavy atom. The van der Waals surface area contributed by atoms with Crippen molar-refractivity contribution in [2.75, 3.05) is 18.1 Å². The highest BCUT2D eigenvalue weighted by Gasteiger charge is 2.32. The minimum Gasteiger partial charge on any atom is -0.495 e. The van der Waals surface area contributed by atoms with Crippen LogP contribution in [0.25, 0.3) is 11.2 Å². The lowest BCUT2D eigenvalue weighted by molar-refractivity contribution is -0.428. The molecule has 1 N–H and O–H groups in total. The van der Waals surface area contributed by atoms with Crippen LogP contribution in [0.1, 0.15) is 19.3 Å². The zero-order chi connectivity index (χ0) is 19.8. The molecule has 1 aliphatic heterocycles. The van der Waals surface area contributed by atoms with Crippen molar-refractivity contribution in [1.29, 1.82) is 0 Å². The van der Waals surface area contributed by atoms with Gasteiger partial charge in [0.1, 0.15) is 24.2 Å². The fourth-order valence-corrected chi connectivity index (χ4v) is 4.24. The van der Waals surface area contributed by atoms with Crippen molar-refractivity contribution in [2.24, 2.45) is 5.92 Å². The van der Waals surface area contributed by atoms with Crippen LogP contribution in [0, 0.1) is 16.0 Å². The lowest BCUT2D eigenvalue weighted by atomic mass is 9.85. The fraction of sp³-hybridized carbons (Fsp3) is 0.350. The van der Waals surface area contributed by atoms with Crippen molar-refractivity contribution in [3.8, 4) is 0 Å². The highest BCUT2D eigenvalue weighted by molar-refractivity contribution is 5.83. The summed E-state index contributed by atoms with van der Waals surface area (Å²) in [7, 11) is 0. The first kappa shape index (κ1) is 17.6. The van der Waals surface area contributed by atoms with Gasteiger partial charge in [-0.25, -0.2) is 15.0 Å². The summed E-state index contributed by atoms with van der Waals surface area (Å²) in [5.74, 6) is 1.53. The Kier molecular flexibility index (Phi) is 4.34. The van der Waals surface area contributed by atoms with Gasteiger partial charge in [-0.05, 0) is 24.5 Å². The van der Waals surface area contributed by atoms with Gasteiger partial charge >= 0.3 is 0 Å². The average molecular weight is 392 g/mol. The Bertz CT molecular complexity index is 1080. The molecular formula is C20H20N6O3. The number of nitrogens with one attached hydrogen (secondary N) is 1. The summed E-state index contributed by atoms with van der Waals surface area (Å²) in [5.41, 5.74) is 2.75. The highest BCUT2D eigenvalue weighted by atomic mass is 16.6. The number of aromatic amines is 1. The molecule has 9 heteroatoms. The summed E-state index contributed by atoms with van der Waals surface area (Å²) in [4.78, 5) is 29.1. The van der Waals surface area contributed by atoms with Crippen molar-refractivity contribution >= 4 is 17.0 Å².